The molecule has 2 heterocycles. The van der Waals surface area contributed by atoms with Gasteiger partial charge in [-0.25, -0.2) is 4.99 Å². The molecule has 0 aliphatic carbocycles. The van der Waals surface area contributed by atoms with Crippen molar-refractivity contribution < 1.29 is 9.53 Å². The van der Waals surface area contributed by atoms with Crippen LogP contribution in [0.25, 0.3) is 0 Å². The molecule has 1 atom stereocenters. The number of nitrogens with zero attached hydrogens (tertiary/aromatic N) is 4. The van der Waals surface area contributed by atoms with Crippen LogP contribution in [-0.4, -0.2) is 93.1 Å². The van der Waals surface area contributed by atoms with E-state index in [1.54, 1.807) is 19.0 Å². The van der Waals surface area contributed by atoms with Gasteiger partial charge in [0, 0.05) is 65.9 Å². The summed E-state index contributed by atoms with van der Waals surface area (Å²) in [4.78, 5) is 22.9. The number of carbonyl (C=O) groups is 1. The standard InChI is InChI=1S/C21H33N5O2.HI/c1-24(2)20(27)15-23-21(22-14-19-8-13-28-17-19)26-11-9-25(10-12-26)16-18-6-4-3-5-7-18;/h3-7,19H,8-17H2,1-2H3,(H,22,23);1H. The Balaban J connectivity index is 0.00000300. The van der Waals surface area contributed by atoms with Crippen molar-refractivity contribution in [3.63, 3.8) is 0 Å². The molecule has 7 nitrogen and oxygen atoms in total. The van der Waals surface area contributed by atoms with Crippen molar-refractivity contribution in [3.8, 4) is 0 Å². The van der Waals surface area contributed by atoms with Crippen LogP contribution in [0.4, 0.5) is 0 Å². The minimum absolute atomic E-state index is 0. The summed E-state index contributed by atoms with van der Waals surface area (Å²) in [6.07, 6.45) is 1.09. The summed E-state index contributed by atoms with van der Waals surface area (Å²) in [7, 11) is 3.53. The van der Waals surface area contributed by atoms with Crippen molar-refractivity contribution in [2.75, 3.05) is 66.6 Å². The van der Waals surface area contributed by atoms with Gasteiger partial charge in [0.25, 0.3) is 0 Å². The summed E-state index contributed by atoms with van der Waals surface area (Å²) >= 11 is 0. The van der Waals surface area contributed by atoms with E-state index < -0.39 is 0 Å². The molecule has 1 aromatic carbocycles. The number of carbonyl (C=O) groups excluding carboxylic acids is 1. The van der Waals surface area contributed by atoms with Crippen molar-refractivity contribution in [1.29, 1.82) is 0 Å². The fourth-order valence-electron chi connectivity index (χ4n) is 3.49. The second kappa shape index (κ2) is 12.3. The molecule has 8 heteroatoms. The van der Waals surface area contributed by atoms with Crippen LogP contribution in [0.5, 0.6) is 0 Å². The van der Waals surface area contributed by atoms with Crippen LogP contribution in [-0.2, 0) is 16.1 Å². The Bertz CT molecular complexity index is 642. The molecule has 1 amide bonds. The number of hydrogen-bond acceptors (Lipinski definition) is 4. The molecule has 1 aromatic rings. The molecule has 0 radical (unpaired) electrons. The second-order valence-corrected chi connectivity index (χ2v) is 7.79. The largest absolute Gasteiger partial charge is 0.381 e. The van der Waals surface area contributed by atoms with Gasteiger partial charge in [-0.2, -0.15) is 0 Å². The quantitative estimate of drug-likeness (QED) is 0.354. The van der Waals surface area contributed by atoms with E-state index in [-0.39, 0.29) is 36.4 Å². The summed E-state index contributed by atoms with van der Waals surface area (Å²) < 4.78 is 5.47. The monoisotopic (exact) mass is 515 g/mol. The van der Waals surface area contributed by atoms with Gasteiger partial charge >= 0.3 is 0 Å². The summed E-state index contributed by atoms with van der Waals surface area (Å²) in [5.74, 6) is 1.39. The van der Waals surface area contributed by atoms with Gasteiger partial charge in [-0.3, -0.25) is 9.69 Å². The van der Waals surface area contributed by atoms with Crippen LogP contribution in [0.15, 0.2) is 35.3 Å². The number of guanidine groups is 1. The highest BCUT2D eigenvalue weighted by atomic mass is 127. The van der Waals surface area contributed by atoms with Gasteiger partial charge in [-0.1, -0.05) is 30.3 Å². The van der Waals surface area contributed by atoms with E-state index in [9.17, 15) is 4.79 Å². The van der Waals surface area contributed by atoms with Crippen LogP contribution < -0.4 is 5.32 Å². The van der Waals surface area contributed by atoms with E-state index in [4.69, 9.17) is 4.74 Å². The molecule has 1 unspecified atom stereocenters. The molecule has 0 aromatic heterocycles. The molecule has 2 aliphatic rings. The molecule has 2 aliphatic heterocycles. The van der Waals surface area contributed by atoms with Gasteiger partial charge in [0.2, 0.25) is 5.91 Å². The molecular formula is C21H34IN5O2. The van der Waals surface area contributed by atoms with Crippen molar-refractivity contribution >= 4 is 35.8 Å². The van der Waals surface area contributed by atoms with E-state index >= 15 is 0 Å². The van der Waals surface area contributed by atoms with Crippen LogP contribution in [0.3, 0.4) is 0 Å². The number of benzene rings is 1. The molecule has 0 saturated carbocycles. The topological polar surface area (TPSA) is 60.4 Å². The van der Waals surface area contributed by atoms with Crippen LogP contribution >= 0.6 is 24.0 Å². The SMILES string of the molecule is CN(C)C(=O)CN=C(NCC1CCOC1)N1CCN(Cc2ccccc2)CC1.I. The van der Waals surface area contributed by atoms with E-state index in [2.05, 4.69) is 50.4 Å². The number of piperazine rings is 1. The van der Waals surface area contributed by atoms with Crippen LogP contribution in [0.1, 0.15) is 12.0 Å². The van der Waals surface area contributed by atoms with Crippen molar-refractivity contribution in [1.82, 2.24) is 20.0 Å². The second-order valence-electron chi connectivity index (χ2n) is 7.79. The number of likely N-dealkylation sites (N-methyl/N-ethyl adjacent to an activating group) is 1. The predicted octanol–water partition coefficient (Wildman–Crippen LogP) is 1.49. The minimum atomic E-state index is 0. The van der Waals surface area contributed by atoms with Gasteiger partial charge in [0.05, 0.1) is 6.61 Å². The number of amides is 1. The first-order valence-corrected chi connectivity index (χ1v) is 10.2. The fourth-order valence-corrected chi connectivity index (χ4v) is 3.49. The molecule has 29 heavy (non-hydrogen) atoms. The third kappa shape index (κ3) is 7.75. The zero-order valence-corrected chi connectivity index (χ0v) is 19.9. The Morgan fingerprint density at radius 3 is 2.55 bits per heavy atom. The van der Waals surface area contributed by atoms with Crippen LogP contribution in [0.2, 0.25) is 0 Å². The summed E-state index contributed by atoms with van der Waals surface area (Å²) in [5, 5.41) is 3.50. The Labute approximate surface area is 191 Å². The number of halogens is 1. The lowest BCUT2D eigenvalue weighted by Gasteiger charge is -2.37. The number of nitrogens with one attached hydrogen (secondary N) is 1. The fraction of sp³-hybridized carbons (Fsp3) is 0.619. The highest BCUT2D eigenvalue weighted by Gasteiger charge is 2.22. The maximum Gasteiger partial charge on any atom is 0.243 e. The number of ether oxygens (including phenoxy) is 1. The third-order valence-electron chi connectivity index (χ3n) is 5.36. The lowest BCUT2D eigenvalue weighted by Crippen LogP contribution is -2.53. The summed E-state index contributed by atoms with van der Waals surface area (Å²) in [5.41, 5.74) is 1.35. The lowest BCUT2D eigenvalue weighted by atomic mass is 10.1. The average Bonchev–Trinajstić information content (AvgIpc) is 3.23. The predicted molar refractivity (Wildman–Crippen MR) is 127 cm³/mol. The first kappa shape index (κ1) is 23.9. The highest BCUT2D eigenvalue weighted by molar-refractivity contribution is 14.0. The molecule has 0 bridgehead atoms. The number of rotatable bonds is 6. The summed E-state index contributed by atoms with van der Waals surface area (Å²) in [6, 6.07) is 10.6. The van der Waals surface area contributed by atoms with Crippen LogP contribution in [0, 0.1) is 5.92 Å². The van der Waals surface area contributed by atoms with E-state index in [1.807, 2.05) is 0 Å². The molecule has 1 N–H and O–H groups in total. The lowest BCUT2D eigenvalue weighted by molar-refractivity contribution is -0.127. The first-order chi connectivity index (χ1) is 13.6. The molecule has 2 saturated heterocycles. The first-order valence-electron chi connectivity index (χ1n) is 10.2. The Hall–Kier alpha value is -1.39. The van der Waals surface area contributed by atoms with E-state index in [1.165, 1.54) is 5.56 Å². The van der Waals surface area contributed by atoms with Gasteiger partial charge in [-0.15, -0.1) is 24.0 Å². The van der Waals surface area contributed by atoms with Crippen molar-refractivity contribution in [2.45, 2.75) is 13.0 Å². The summed E-state index contributed by atoms with van der Waals surface area (Å²) in [6.45, 7) is 7.46. The van der Waals surface area contributed by atoms with Gasteiger partial charge in [0.15, 0.2) is 5.96 Å². The van der Waals surface area contributed by atoms with Gasteiger partial charge in [0.1, 0.15) is 6.54 Å². The van der Waals surface area contributed by atoms with Gasteiger partial charge in [-0.05, 0) is 12.0 Å². The average molecular weight is 515 g/mol. The highest BCUT2D eigenvalue weighted by Crippen LogP contribution is 2.12. The van der Waals surface area contributed by atoms with Crippen molar-refractivity contribution in [2.24, 2.45) is 10.9 Å². The Morgan fingerprint density at radius 1 is 1.21 bits per heavy atom. The maximum absolute atomic E-state index is 12.0. The number of aliphatic imine (C=N–C) groups is 1. The maximum atomic E-state index is 12.0. The normalized spacial score (nSPS) is 20.3. The van der Waals surface area contributed by atoms with Crippen molar-refractivity contribution in [3.05, 3.63) is 35.9 Å². The third-order valence-corrected chi connectivity index (χ3v) is 5.36. The Kier molecular flexibility index (Phi) is 10.2. The smallest absolute Gasteiger partial charge is 0.243 e. The van der Waals surface area contributed by atoms with E-state index in [0.29, 0.717) is 5.92 Å². The minimum Gasteiger partial charge on any atom is -0.381 e. The molecule has 3 rings (SSSR count). The van der Waals surface area contributed by atoms with E-state index in [0.717, 1.165) is 64.9 Å². The molecule has 2 fully saturated rings. The number of hydrogen-bond donors (Lipinski definition) is 1. The Morgan fingerprint density at radius 2 is 1.93 bits per heavy atom. The molecule has 0 spiro atoms. The molecule has 162 valence electrons. The zero-order chi connectivity index (χ0) is 19.8. The molecular weight excluding hydrogens is 481 g/mol. The zero-order valence-electron chi connectivity index (χ0n) is 17.5. The van der Waals surface area contributed by atoms with Gasteiger partial charge < -0.3 is 19.9 Å².